The molecule has 4 rings (SSSR count). The number of amides is 1. The molecular weight excluding hydrogens is 432 g/mol. The third-order valence-electron chi connectivity index (χ3n) is 5.52. The molecule has 0 radical (unpaired) electrons. The highest BCUT2D eigenvalue weighted by Gasteiger charge is 2.42. The van der Waals surface area contributed by atoms with Gasteiger partial charge in [0.1, 0.15) is 0 Å². The molecule has 1 atom stereocenters. The Morgan fingerprint density at radius 2 is 1.79 bits per heavy atom. The molecule has 1 amide bonds. The number of aromatic nitrogens is 1. The van der Waals surface area contributed by atoms with Crippen LogP contribution in [0.4, 0.5) is 0 Å². The number of ether oxygens (including phenoxy) is 1. The summed E-state index contributed by atoms with van der Waals surface area (Å²) in [4.78, 5) is 43.6. The van der Waals surface area contributed by atoms with Gasteiger partial charge in [0.2, 0.25) is 0 Å². The summed E-state index contributed by atoms with van der Waals surface area (Å²) >= 11 is 0. The Hall–Kier alpha value is -4.52. The average Bonchev–Trinajstić information content (AvgIpc) is 3.13. The van der Waals surface area contributed by atoms with Gasteiger partial charge in [0.05, 0.1) is 24.3 Å². The topological polar surface area (TPSA) is 96.8 Å². The van der Waals surface area contributed by atoms with E-state index < -0.39 is 29.5 Å². The van der Waals surface area contributed by atoms with Gasteiger partial charge in [-0.3, -0.25) is 14.6 Å². The van der Waals surface area contributed by atoms with Crippen LogP contribution in [0.3, 0.4) is 0 Å². The van der Waals surface area contributed by atoms with Crippen molar-refractivity contribution in [3.63, 3.8) is 0 Å². The molecule has 0 bridgehead atoms. The fraction of sp³-hybridized carbons (Fsp3) is 0.111. The molecule has 1 aliphatic rings. The number of rotatable bonds is 7. The van der Waals surface area contributed by atoms with Gasteiger partial charge in [-0.05, 0) is 41.0 Å². The van der Waals surface area contributed by atoms with Gasteiger partial charge in [0.25, 0.3) is 5.91 Å². The number of hydrogen-bond acceptors (Lipinski definition) is 6. The van der Waals surface area contributed by atoms with E-state index in [4.69, 9.17) is 4.74 Å². The van der Waals surface area contributed by atoms with Gasteiger partial charge in [-0.15, -0.1) is 0 Å². The van der Waals surface area contributed by atoms with Gasteiger partial charge < -0.3 is 14.7 Å². The van der Waals surface area contributed by atoms with E-state index in [0.29, 0.717) is 11.1 Å². The number of ketones is 1. The van der Waals surface area contributed by atoms with E-state index >= 15 is 0 Å². The second-order valence-corrected chi connectivity index (χ2v) is 7.68. The number of aliphatic hydroxyl groups excluding tert-OH is 1. The number of aliphatic hydroxyl groups is 1. The first kappa shape index (κ1) is 22.7. The van der Waals surface area contributed by atoms with Crippen molar-refractivity contribution in [2.45, 2.75) is 12.6 Å². The number of nitrogens with zero attached hydrogens (tertiary/aromatic N) is 2. The Labute approximate surface area is 196 Å². The highest BCUT2D eigenvalue weighted by atomic mass is 16.5. The maximum atomic E-state index is 13.2. The molecule has 170 valence electrons. The Morgan fingerprint density at radius 3 is 2.44 bits per heavy atom. The van der Waals surface area contributed by atoms with Crippen LogP contribution >= 0.6 is 0 Å². The summed E-state index contributed by atoms with van der Waals surface area (Å²) < 4.78 is 4.75. The van der Waals surface area contributed by atoms with Crippen molar-refractivity contribution in [1.29, 1.82) is 0 Å². The summed E-state index contributed by atoms with van der Waals surface area (Å²) in [7, 11) is 1.29. The van der Waals surface area contributed by atoms with Crippen molar-refractivity contribution in [2.24, 2.45) is 0 Å². The number of pyridine rings is 1. The number of hydrogen-bond donors (Lipinski definition) is 1. The normalized spacial score (nSPS) is 15.7. The molecule has 7 heteroatoms. The second-order valence-electron chi connectivity index (χ2n) is 7.68. The Morgan fingerprint density at radius 1 is 1.06 bits per heavy atom. The fourth-order valence-corrected chi connectivity index (χ4v) is 3.85. The molecule has 0 fully saturated rings. The van der Waals surface area contributed by atoms with Crippen molar-refractivity contribution in [1.82, 2.24) is 9.88 Å². The van der Waals surface area contributed by atoms with E-state index in [-0.39, 0.29) is 12.1 Å². The van der Waals surface area contributed by atoms with Gasteiger partial charge in [0, 0.05) is 18.9 Å². The monoisotopic (exact) mass is 454 g/mol. The highest BCUT2D eigenvalue weighted by molar-refractivity contribution is 6.14. The Bertz CT molecular complexity index is 1270. The zero-order chi connectivity index (χ0) is 24.1. The van der Waals surface area contributed by atoms with Crippen LogP contribution in [0.2, 0.25) is 0 Å². The lowest BCUT2D eigenvalue weighted by molar-refractivity contribution is -0.130. The molecule has 34 heavy (non-hydrogen) atoms. The lowest BCUT2D eigenvalue weighted by Crippen LogP contribution is -2.30. The van der Waals surface area contributed by atoms with Crippen molar-refractivity contribution >= 4 is 23.7 Å². The van der Waals surface area contributed by atoms with Crippen molar-refractivity contribution < 1.29 is 24.2 Å². The Kier molecular flexibility index (Phi) is 6.64. The summed E-state index contributed by atoms with van der Waals surface area (Å²) in [6, 6.07) is 18.4. The van der Waals surface area contributed by atoms with Crippen LogP contribution in [0, 0.1) is 0 Å². The first-order chi connectivity index (χ1) is 16.5. The van der Waals surface area contributed by atoms with E-state index in [1.165, 1.54) is 18.1 Å². The first-order valence-corrected chi connectivity index (χ1v) is 10.6. The summed E-state index contributed by atoms with van der Waals surface area (Å²) in [5.74, 6) is -2.22. The van der Waals surface area contributed by atoms with E-state index in [2.05, 4.69) is 4.98 Å². The molecular formula is C27H22N2O5. The standard InChI is InChI=1S/C27H22N2O5/c1-34-27(33)21-12-10-20(11-13-21)24-23(22(30)14-9-18-6-3-2-4-7-18)25(31)26(32)29(24)17-19-8-5-15-28-16-19/h2-16,24,31H,17H2,1H3/b14-9+. The van der Waals surface area contributed by atoms with E-state index in [1.807, 2.05) is 36.4 Å². The van der Waals surface area contributed by atoms with E-state index in [9.17, 15) is 19.5 Å². The summed E-state index contributed by atoms with van der Waals surface area (Å²) in [5, 5.41) is 10.7. The predicted molar refractivity (Wildman–Crippen MR) is 125 cm³/mol. The van der Waals surface area contributed by atoms with Crippen LogP contribution in [-0.4, -0.2) is 39.8 Å². The number of methoxy groups -OCH3 is 1. The van der Waals surface area contributed by atoms with Crippen LogP contribution < -0.4 is 0 Å². The van der Waals surface area contributed by atoms with Crippen LogP contribution in [0.1, 0.15) is 33.1 Å². The lowest BCUT2D eigenvalue weighted by Gasteiger charge is -2.26. The number of esters is 1. The maximum absolute atomic E-state index is 13.2. The lowest BCUT2D eigenvalue weighted by atomic mass is 9.94. The van der Waals surface area contributed by atoms with E-state index in [1.54, 1.807) is 48.8 Å². The molecule has 3 aromatic rings. The fourth-order valence-electron chi connectivity index (χ4n) is 3.85. The highest BCUT2D eigenvalue weighted by Crippen LogP contribution is 2.39. The van der Waals surface area contributed by atoms with Gasteiger partial charge in [-0.25, -0.2) is 4.79 Å². The molecule has 2 aromatic carbocycles. The largest absolute Gasteiger partial charge is 0.503 e. The third kappa shape index (κ3) is 4.63. The quantitative estimate of drug-likeness (QED) is 0.427. The van der Waals surface area contributed by atoms with Crippen LogP contribution in [0.15, 0.2) is 96.5 Å². The van der Waals surface area contributed by atoms with Crippen LogP contribution in [-0.2, 0) is 20.9 Å². The minimum absolute atomic E-state index is 0.0214. The summed E-state index contributed by atoms with van der Waals surface area (Å²) in [6.07, 6.45) is 6.22. The molecule has 1 aliphatic heterocycles. The minimum atomic E-state index is -0.840. The van der Waals surface area contributed by atoms with Gasteiger partial charge in [-0.1, -0.05) is 54.6 Å². The summed E-state index contributed by atoms with van der Waals surface area (Å²) in [5.41, 5.74) is 2.44. The van der Waals surface area contributed by atoms with Crippen LogP contribution in [0.5, 0.6) is 0 Å². The summed E-state index contributed by atoms with van der Waals surface area (Å²) in [6.45, 7) is 0.138. The van der Waals surface area contributed by atoms with Gasteiger partial charge >= 0.3 is 5.97 Å². The Balaban J connectivity index is 1.72. The first-order valence-electron chi connectivity index (χ1n) is 10.6. The smallest absolute Gasteiger partial charge is 0.337 e. The zero-order valence-electron chi connectivity index (χ0n) is 18.4. The molecule has 1 aromatic heterocycles. The molecule has 0 aliphatic carbocycles. The van der Waals surface area contributed by atoms with Crippen LogP contribution in [0.25, 0.3) is 6.08 Å². The van der Waals surface area contributed by atoms with Crippen molar-refractivity contribution in [3.8, 4) is 0 Å². The van der Waals surface area contributed by atoms with Crippen molar-refractivity contribution in [2.75, 3.05) is 7.11 Å². The second kappa shape index (κ2) is 9.95. The van der Waals surface area contributed by atoms with Gasteiger partial charge in [-0.2, -0.15) is 0 Å². The van der Waals surface area contributed by atoms with Crippen molar-refractivity contribution in [3.05, 3.63) is 119 Å². The molecule has 7 nitrogen and oxygen atoms in total. The minimum Gasteiger partial charge on any atom is -0.503 e. The molecule has 0 spiro atoms. The number of allylic oxidation sites excluding steroid dienone is 1. The van der Waals surface area contributed by atoms with E-state index in [0.717, 1.165) is 11.1 Å². The molecule has 1 unspecified atom stereocenters. The number of benzene rings is 2. The molecule has 2 heterocycles. The SMILES string of the molecule is COC(=O)c1ccc(C2C(C(=O)/C=C/c3ccccc3)=C(O)C(=O)N2Cc2cccnc2)cc1. The molecule has 0 saturated heterocycles. The third-order valence-corrected chi connectivity index (χ3v) is 5.52. The molecule has 0 saturated carbocycles. The predicted octanol–water partition coefficient (Wildman–Crippen LogP) is 4.05. The number of carbonyl (C=O) groups is 3. The maximum Gasteiger partial charge on any atom is 0.337 e. The van der Waals surface area contributed by atoms with Gasteiger partial charge in [0.15, 0.2) is 11.5 Å². The zero-order valence-corrected chi connectivity index (χ0v) is 18.4. The average molecular weight is 454 g/mol. The number of carbonyl (C=O) groups excluding carboxylic acids is 3. The molecule has 1 N–H and O–H groups in total.